The van der Waals surface area contributed by atoms with Gasteiger partial charge < -0.3 is 5.32 Å². The molecule has 1 atom stereocenters. The Bertz CT molecular complexity index is 1170. The van der Waals surface area contributed by atoms with Gasteiger partial charge in [0.2, 0.25) is 5.91 Å². The lowest BCUT2D eigenvalue weighted by molar-refractivity contribution is -0.124. The van der Waals surface area contributed by atoms with Gasteiger partial charge in [-0.1, -0.05) is 12.1 Å². The molecule has 1 amide bonds. The average molecular weight is 436 g/mol. The zero-order valence-corrected chi connectivity index (χ0v) is 17.2. The number of amides is 1. The molecule has 1 fully saturated rings. The fourth-order valence-corrected chi connectivity index (χ4v) is 6.26. The van der Waals surface area contributed by atoms with Crippen LogP contribution >= 0.6 is 11.3 Å². The van der Waals surface area contributed by atoms with Gasteiger partial charge in [0.15, 0.2) is 5.65 Å². The van der Waals surface area contributed by atoms with Crippen molar-refractivity contribution in [3.05, 3.63) is 52.4 Å². The van der Waals surface area contributed by atoms with Gasteiger partial charge in [-0.25, -0.2) is 17.9 Å². The quantitative estimate of drug-likeness (QED) is 0.556. The maximum Gasteiger partial charge on any atom is 0.350 e. The summed E-state index contributed by atoms with van der Waals surface area (Å²) in [6, 6.07) is 7.87. The van der Waals surface area contributed by atoms with E-state index in [4.69, 9.17) is 0 Å². The molecule has 0 bridgehead atoms. The van der Waals surface area contributed by atoms with E-state index in [9.17, 15) is 18.0 Å². The Morgan fingerprint density at radius 2 is 2.14 bits per heavy atom. The van der Waals surface area contributed by atoms with E-state index >= 15 is 0 Å². The number of aryl methyl sites for hydroxylation is 1. The molecule has 29 heavy (non-hydrogen) atoms. The second-order valence-corrected chi connectivity index (χ2v) is 9.85. The molecule has 0 aromatic carbocycles. The first-order valence-electron chi connectivity index (χ1n) is 9.36. The van der Waals surface area contributed by atoms with Crippen LogP contribution in [-0.2, 0) is 21.4 Å². The summed E-state index contributed by atoms with van der Waals surface area (Å²) in [4.78, 5) is 24.8. The third-order valence-electron chi connectivity index (χ3n) is 4.90. The minimum atomic E-state index is -3.65. The van der Waals surface area contributed by atoms with Crippen LogP contribution in [-0.4, -0.2) is 51.9 Å². The Balaban J connectivity index is 1.34. The van der Waals surface area contributed by atoms with Crippen LogP contribution in [0.15, 0.2) is 50.9 Å². The standard InChI is InChI=1S/C18H21N5O4S2/c24-17(14-6-3-12-23(14)29(26,27)16-8-4-13-28-16)19-9-5-11-22-18(25)21-10-2-1-7-15(21)20-22/h1-2,4,7-8,10,13-14H,3,5-6,9,11-12H2,(H,19,24). The summed E-state index contributed by atoms with van der Waals surface area (Å²) in [5, 5.41) is 8.76. The highest BCUT2D eigenvalue weighted by Gasteiger charge is 2.39. The zero-order chi connectivity index (χ0) is 20.4. The van der Waals surface area contributed by atoms with Gasteiger partial charge in [-0.15, -0.1) is 16.4 Å². The van der Waals surface area contributed by atoms with Gasteiger partial charge in [0.25, 0.3) is 10.0 Å². The van der Waals surface area contributed by atoms with E-state index in [1.165, 1.54) is 13.4 Å². The monoisotopic (exact) mass is 435 g/mol. The molecule has 154 valence electrons. The van der Waals surface area contributed by atoms with Crippen molar-refractivity contribution in [3.8, 4) is 0 Å². The Hall–Kier alpha value is -2.50. The molecule has 0 aliphatic carbocycles. The molecule has 4 heterocycles. The maximum absolute atomic E-state index is 12.8. The number of carbonyl (C=O) groups excluding carboxylic acids is 1. The fourth-order valence-electron chi connectivity index (χ4n) is 3.49. The Labute approximate surface area is 171 Å². The van der Waals surface area contributed by atoms with Crippen LogP contribution < -0.4 is 11.0 Å². The normalized spacial score (nSPS) is 17.7. The topological polar surface area (TPSA) is 106 Å². The predicted octanol–water partition coefficient (Wildman–Crippen LogP) is 0.917. The largest absolute Gasteiger partial charge is 0.355 e. The molecule has 1 saturated heterocycles. The minimum absolute atomic E-state index is 0.226. The van der Waals surface area contributed by atoms with E-state index in [0.29, 0.717) is 44.5 Å². The number of hydrogen-bond acceptors (Lipinski definition) is 6. The number of carbonyl (C=O) groups is 1. The highest BCUT2D eigenvalue weighted by Crippen LogP contribution is 2.28. The van der Waals surface area contributed by atoms with E-state index < -0.39 is 16.1 Å². The molecule has 4 rings (SSSR count). The fraction of sp³-hybridized carbons (Fsp3) is 0.389. The third-order valence-corrected chi connectivity index (χ3v) is 8.18. The van der Waals surface area contributed by atoms with Crippen LogP contribution in [0, 0.1) is 0 Å². The Morgan fingerprint density at radius 1 is 1.28 bits per heavy atom. The van der Waals surface area contributed by atoms with Gasteiger partial charge in [-0.05, 0) is 42.8 Å². The van der Waals surface area contributed by atoms with Crippen molar-refractivity contribution < 1.29 is 13.2 Å². The number of fused-ring (bicyclic) bond motifs is 1. The number of hydrogen-bond donors (Lipinski definition) is 1. The van der Waals surface area contributed by atoms with Crippen LogP contribution in [0.5, 0.6) is 0 Å². The summed E-state index contributed by atoms with van der Waals surface area (Å²) in [6.45, 7) is 1.04. The predicted molar refractivity (Wildman–Crippen MR) is 108 cm³/mol. The summed E-state index contributed by atoms with van der Waals surface area (Å²) in [6.07, 6.45) is 3.33. The number of nitrogens with one attached hydrogen (secondary N) is 1. The number of pyridine rings is 1. The first-order valence-corrected chi connectivity index (χ1v) is 11.7. The van der Waals surface area contributed by atoms with Gasteiger partial charge >= 0.3 is 5.69 Å². The first kappa shape index (κ1) is 19.8. The Kier molecular flexibility index (Phi) is 5.52. The molecule has 3 aromatic rings. The molecular weight excluding hydrogens is 414 g/mol. The second-order valence-electron chi connectivity index (χ2n) is 6.79. The van der Waals surface area contributed by atoms with E-state index in [0.717, 1.165) is 11.3 Å². The Morgan fingerprint density at radius 3 is 2.90 bits per heavy atom. The van der Waals surface area contributed by atoms with Crippen molar-refractivity contribution in [1.82, 2.24) is 23.8 Å². The summed E-state index contributed by atoms with van der Waals surface area (Å²) in [7, 11) is -3.65. The van der Waals surface area contributed by atoms with Crippen LogP contribution in [0.4, 0.5) is 0 Å². The molecular formula is C18H21N5O4S2. The SMILES string of the molecule is O=C(NCCCn1nc2ccccn2c1=O)C1CCCN1S(=O)(=O)c1cccs1. The van der Waals surface area contributed by atoms with Gasteiger partial charge in [-0.2, -0.15) is 4.31 Å². The first-order chi connectivity index (χ1) is 14.0. The summed E-state index contributed by atoms with van der Waals surface area (Å²) < 4.78 is 29.9. The van der Waals surface area contributed by atoms with Gasteiger partial charge in [0.05, 0.1) is 0 Å². The molecule has 11 heteroatoms. The van der Waals surface area contributed by atoms with Crippen LogP contribution in [0.25, 0.3) is 5.65 Å². The molecule has 1 N–H and O–H groups in total. The van der Waals surface area contributed by atoms with Gasteiger partial charge in [0.1, 0.15) is 10.3 Å². The van der Waals surface area contributed by atoms with Crippen LogP contribution in [0.1, 0.15) is 19.3 Å². The van der Waals surface area contributed by atoms with Crippen molar-refractivity contribution >= 4 is 32.9 Å². The van der Waals surface area contributed by atoms with Crippen LogP contribution in [0.3, 0.4) is 0 Å². The molecule has 9 nitrogen and oxygen atoms in total. The zero-order valence-electron chi connectivity index (χ0n) is 15.6. The summed E-state index contributed by atoms with van der Waals surface area (Å²) >= 11 is 1.15. The number of aromatic nitrogens is 3. The van der Waals surface area contributed by atoms with E-state index in [1.807, 2.05) is 6.07 Å². The minimum Gasteiger partial charge on any atom is -0.355 e. The summed E-state index contributed by atoms with van der Waals surface area (Å²) in [5.41, 5.74) is 0.345. The van der Waals surface area contributed by atoms with Gasteiger partial charge in [0, 0.05) is 25.8 Å². The second kappa shape index (κ2) is 8.09. The average Bonchev–Trinajstić information content (AvgIpc) is 3.46. The molecule has 1 unspecified atom stereocenters. The lowest BCUT2D eigenvalue weighted by Gasteiger charge is -2.22. The molecule has 0 spiro atoms. The van der Waals surface area contributed by atoms with Crippen LogP contribution in [0.2, 0.25) is 0 Å². The molecule has 1 aliphatic rings. The van der Waals surface area contributed by atoms with Crippen molar-refractivity contribution in [2.24, 2.45) is 0 Å². The number of thiophene rings is 1. The molecule has 3 aromatic heterocycles. The number of rotatable bonds is 7. The van der Waals surface area contributed by atoms with Crippen molar-refractivity contribution in [1.29, 1.82) is 0 Å². The van der Waals surface area contributed by atoms with Gasteiger partial charge in [-0.3, -0.25) is 9.20 Å². The lowest BCUT2D eigenvalue weighted by atomic mass is 10.2. The number of sulfonamides is 1. The highest BCUT2D eigenvalue weighted by atomic mass is 32.2. The lowest BCUT2D eigenvalue weighted by Crippen LogP contribution is -2.46. The van der Waals surface area contributed by atoms with Crippen molar-refractivity contribution in [2.45, 2.75) is 36.1 Å². The van der Waals surface area contributed by atoms with E-state index in [1.54, 1.807) is 35.8 Å². The maximum atomic E-state index is 12.8. The summed E-state index contributed by atoms with van der Waals surface area (Å²) in [5.74, 6) is -0.301. The van der Waals surface area contributed by atoms with E-state index in [-0.39, 0.29) is 15.8 Å². The van der Waals surface area contributed by atoms with Crippen molar-refractivity contribution in [3.63, 3.8) is 0 Å². The van der Waals surface area contributed by atoms with Crippen molar-refractivity contribution in [2.75, 3.05) is 13.1 Å². The molecule has 0 saturated carbocycles. The number of nitrogens with zero attached hydrogens (tertiary/aromatic N) is 4. The highest BCUT2D eigenvalue weighted by molar-refractivity contribution is 7.91. The third kappa shape index (κ3) is 3.85. The smallest absolute Gasteiger partial charge is 0.350 e. The molecule has 1 aliphatic heterocycles. The van der Waals surface area contributed by atoms with E-state index in [2.05, 4.69) is 10.4 Å². The molecule has 0 radical (unpaired) electrons.